The Morgan fingerprint density at radius 3 is 2.54 bits per heavy atom. The number of amides is 1. The van der Waals surface area contributed by atoms with Crippen LogP contribution < -0.4 is 15.4 Å². The van der Waals surface area contributed by atoms with Crippen LogP contribution in [0.4, 0.5) is 11.5 Å². The summed E-state index contributed by atoms with van der Waals surface area (Å²) in [6.45, 7) is 2.60. The molecule has 6 nitrogen and oxygen atoms in total. The molecule has 28 heavy (non-hydrogen) atoms. The Bertz CT molecular complexity index is 944. The molecule has 0 atom stereocenters. The SMILES string of the molecule is COc1ccc(CCNc2ccc(C(=O)Nc3cc(Cl)ccc3C)nn2)cc1. The van der Waals surface area contributed by atoms with Gasteiger partial charge in [-0.1, -0.05) is 29.8 Å². The molecule has 0 fully saturated rings. The standard InChI is InChI=1S/C21H21ClN4O2/c1-14-3-6-16(22)13-19(14)24-21(27)18-9-10-20(26-25-18)23-12-11-15-4-7-17(28-2)8-5-15/h3-10,13H,11-12H2,1-2H3,(H,23,26)(H,24,27). The summed E-state index contributed by atoms with van der Waals surface area (Å²) in [7, 11) is 1.65. The minimum atomic E-state index is -0.331. The van der Waals surface area contributed by atoms with Crippen molar-refractivity contribution in [3.8, 4) is 5.75 Å². The maximum absolute atomic E-state index is 12.4. The van der Waals surface area contributed by atoms with Gasteiger partial charge in [0.25, 0.3) is 5.91 Å². The molecule has 144 valence electrons. The number of carbonyl (C=O) groups excluding carboxylic acids is 1. The van der Waals surface area contributed by atoms with Crippen molar-refractivity contribution < 1.29 is 9.53 Å². The quantitative estimate of drug-likeness (QED) is 0.620. The number of rotatable bonds is 7. The van der Waals surface area contributed by atoms with Gasteiger partial charge in [0, 0.05) is 17.3 Å². The molecule has 3 rings (SSSR count). The third-order valence-electron chi connectivity index (χ3n) is 4.22. The first-order valence-corrected chi connectivity index (χ1v) is 9.21. The molecular formula is C21H21ClN4O2. The molecule has 7 heteroatoms. The minimum absolute atomic E-state index is 0.236. The van der Waals surface area contributed by atoms with Gasteiger partial charge in [-0.05, 0) is 60.9 Å². The first-order valence-electron chi connectivity index (χ1n) is 8.83. The van der Waals surface area contributed by atoms with E-state index < -0.39 is 0 Å². The smallest absolute Gasteiger partial charge is 0.276 e. The normalized spacial score (nSPS) is 10.4. The zero-order chi connectivity index (χ0) is 19.9. The van der Waals surface area contributed by atoms with Crippen molar-refractivity contribution in [1.82, 2.24) is 10.2 Å². The number of methoxy groups -OCH3 is 1. The zero-order valence-electron chi connectivity index (χ0n) is 15.7. The van der Waals surface area contributed by atoms with E-state index in [2.05, 4.69) is 20.8 Å². The average Bonchev–Trinajstić information content (AvgIpc) is 2.71. The first kappa shape index (κ1) is 19.6. The summed E-state index contributed by atoms with van der Waals surface area (Å²) in [6.07, 6.45) is 0.835. The Morgan fingerprint density at radius 1 is 1.07 bits per heavy atom. The van der Waals surface area contributed by atoms with E-state index in [1.165, 1.54) is 5.56 Å². The molecule has 0 aliphatic heterocycles. The second-order valence-corrected chi connectivity index (χ2v) is 6.68. The van der Waals surface area contributed by atoms with E-state index in [1.807, 2.05) is 37.3 Å². The zero-order valence-corrected chi connectivity index (χ0v) is 16.5. The molecule has 1 heterocycles. The lowest BCUT2D eigenvalue weighted by molar-refractivity contribution is 0.102. The van der Waals surface area contributed by atoms with Gasteiger partial charge >= 0.3 is 0 Å². The lowest BCUT2D eigenvalue weighted by Gasteiger charge is -2.09. The number of nitrogens with one attached hydrogen (secondary N) is 2. The number of carbonyl (C=O) groups is 1. The fourth-order valence-corrected chi connectivity index (χ4v) is 2.76. The predicted octanol–water partition coefficient (Wildman–Crippen LogP) is 4.35. The van der Waals surface area contributed by atoms with Gasteiger partial charge in [0.05, 0.1) is 7.11 Å². The number of benzene rings is 2. The summed E-state index contributed by atoms with van der Waals surface area (Å²) >= 11 is 5.98. The van der Waals surface area contributed by atoms with Crippen LogP contribution in [0.3, 0.4) is 0 Å². The first-order chi connectivity index (χ1) is 13.5. The van der Waals surface area contributed by atoms with E-state index in [-0.39, 0.29) is 11.6 Å². The number of ether oxygens (including phenoxy) is 1. The van der Waals surface area contributed by atoms with Crippen LogP contribution in [0.1, 0.15) is 21.6 Å². The summed E-state index contributed by atoms with van der Waals surface area (Å²) in [6, 6.07) is 16.6. The van der Waals surface area contributed by atoms with Crippen molar-refractivity contribution in [3.63, 3.8) is 0 Å². The Labute approximate surface area is 168 Å². The van der Waals surface area contributed by atoms with Crippen LogP contribution in [-0.4, -0.2) is 29.8 Å². The molecule has 0 aliphatic carbocycles. The maximum atomic E-state index is 12.4. The molecule has 2 aromatic carbocycles. The van der Waals surface area contributed by atoms with Crippen molar-refractivity contribution in [2.45, 2.75) is 13.3 Å². The summed E-state index contributed by atoms with van der Waals surface area (Å²) in [4.78, 5) is 12.4. The van der Waals surface area contributed by atoms with Crippen molar-refractivity contribution in [1.29, 1.82) is 0 Å². The molecule has 0 radical (unpaired) electrons. The van der Waals surface area contributed by atoms with Crippen molar-refractivity contribution >= 4 is 29.0 Å². The van der Waals surface area contributed by atoms with Gasteiger partial charge < -0.3 is 15.4 Å². The van der Waals surface area contributed by atoms with E-state index >= 15 is 0 Å². The molecule has 0 saturated heterocycles. The summed E-state index contributed by atoms with van der Waals surface area (Å²) in [5.41, 5.74) is 3.00. The summed E-state index contributed by atoms with van der Waals surface area (Å²) < 4.78 is 5.15. The molecule has 0 saturated carbocycles. The van der Waals surface area contributed by atoms with E-state index in [0.717, 1.165) is 17.7 Å². The van der Waals surface area contributed by atoms with Crippen LogP contribution in [-0.2, 0) is 6.42 Å². The number of aromatic nitrogens is 2. The predicted molar refractivity (Wildman–Crippen MR) is 111 cm³/mol. The molecular weight excluding hydrogens is 376 g/mol. The lowest BCUT2D eigenvalue weighted by Crippen LogP contribution is -2.16. The number of nitrogens with zero attached hydrogens (tertiary/aromatic N) is 2. The highest BCUT2D eigenvalue weighted by atomic mass is 35.5. The molecule has 2 N–H and O–H groups in total. The van der Waals surface area contributed by atoms with Crippen LogP contribution in [0.25, 0.3) is 0 Å². The van der Waals surface area contributed by atoms with Crippen molar-refractivity contribution in [3.05, 3.63) is 76.4 Å². The highest BCUT2D eigenvalue weighted by Gasteiger charge is 2.10. The molecule has 1 aromatic heterocycles. The van der Waals surface area contributed by atoms with Crippen LogP contribution in [0.15, 0.2) is 54.6 Å². The second-order valence-electron chi connectivity index (χ2n) is 6.24. The van der Waals surface area contributed by atoms with Gasteiger partial charge in [-0.3, -0.25) is 4.79 Å². The highest BCUT2D eigenvalue weighted by Crippen LogP contribution is 2.20. The fourth-order valence-electron chi connectivity index (χ4n) is 2.59. The van der Waals surface area contributed by atoms with Crippen LogP contribution in [0.2, 0.25) is 5.02 Å². The van der Waals surface area contributed by atoms with Crippen LogP contribution in [0, 0.1) is 6.92 Å². The molecule has 0 spiro atoms. The van der Waals surface area contributed by atoms with Crippen LogP contribution >= 0.6 is 11.6 Å². The molecule has 3 aromatic rings. The van der Waals surface area contributed by atoms with Gasteiger partial charge in [-0.15, -0.1) is 10.2 Å². The lowest BCUT2D eigenvalue weighted by atomic mass is 10.1. The Kier molecular flexibility index (Phi) is 6.45. The molecule has 0 aliphatic rings. The number of halogens is 1. The number of hydrogen-bond donors (Lipinski definition) is 2. The largest absolute Gasteiger partial charge is 0.497 e. The summed E-state index contributed by atoms with van der Waals surface area (Å²) in [5, 5.41) is 14.6. The van der Waals surface area contributed by atoms with Crippen molar-refractivity contribution in [2.75, 3.05) is 24.3 Å². The maximum Gasteiger partial charge on any atom is 0.276 e. The molecule has 0 unspecified atom stereocenters. The Balaban J connectivity index is 1.53. The second kappa shape index (κ2) is 9.19. The van der Waals surface area contributed by atoms with E-state index in [9.17, 15) is 4.79 Å². The van der Waals surface area contributed by atoms with Gasteiger partial charge in [0.15, 0.2) is 5.69 Å². The Hall–Kier alpha value is -3.12. The van der Waals surface area contributed by atoms with E-state index in [1.54, 1.807) is 31.4 Å². The van der Waals surface area contributed by atoms with Gasteiger partial charge in [0.2, 0.25) is 0 Å². The number of aryl methyl sites for hydroxylation is 1. The third-order valence-corrected chi connectivity index (χ3v) is 4.46. The average molecular weight is 397 g/mol. The van der Waals surface area contributed by atoms with Crippen molar-refractivity contribution in [2.24, 2.45) is 0 Å². The van der Waals surface area contributed by atoms with Gasteiger partial charge in [-0.25, -0.2) is 0 Å². The highest BCUT2D eigenvalue weighted by molar-refractivity contribution is 6.31. The fraction of sp³-hybridized carbons (Fsp3) is 0.190. The van der Waals surface area contributed by atoms with Crippen LogP contribution in [0.5, 0.6) is 5.75 Å². The van der Waals surface area contributed by atoms with E-state index in [0.29, 0.717) is 23.1 Å². The monoisotopic (exact) mass is 396 g/mol. The number of hydrogen-bond acceptors (Lipinski definition) is 5. The topological polar surface area (TPSA) is 76.1 Å². The minimum Gasteiger partial charge on any atom is -0.497 e. The molecule has 0 bridgehead atoms. The molecule has 1 amide bonds. The van der Waals surface area contributed by atoms with Gasteiger partial charge in [0.1, 0.15) is 11.6 Å². The number of anilines is 2. The van der Waals surface area contributed by atoms with Gasteiger partial charge in [-0.2, -0.15) is 0 Å². The third kappa shape index (κ3) is 5.20. The summed E-state index contributed by atoms with van der Waals surface area (Å²) in [5.74, 6) is 1.12. The van der Waals surface area contributed by atoms with E-state index in [4.69, 9.17) is 16.3 Å². The Morgan fingerprint density at radius 2 is 1.86 bits per heavy atom.